The van der Waals surface area contributed by atoms with Crippen molar-refractivity contribution in [2.45, 2.75) is 46.2 Å². The van der Waals surface area contributed by atoms with Crippen LogP contribution >= 0.6 is 0 Å². The number of rotatable bonds is 6. The third-order valence-corrected chi connectivity index (χ3v) is 3.95. The van der Waals surface area contributed by atoms with Gasteiger partial charge >= 0.3 is 0 Å². The Morgan fingerprint density at radius 3 is 2.88 bits per heavy atom. The highest BCUT2D eigenvalue weighted by molar-refractivity contribution is 5.76. The molecule has 126 valence electrons. The molecule has 0 radical (unpaired) electrons. The Morgan fingerprint density at radius 1 is 1.50 bits per heavy atom. The van der Waals surface area contributed by atoms with Crippen LogP contribution in [-0.2, 0) is 17.8 Å². The highest BCUT2D eigenvalue weighted by atomic mass is 16.1. The molecule has 0 fully saturated rings. The Morgan fingerprint density at radius 2 is 2.25 bits per heavy atom. The van der Waals surface area contributed by atoms with Gasteiger partial charge in [0.15, 0.2) is 0 Å². The predicted octanol–water partition coefficient (Wildman–Crippen LogP) is 1.20. The van der Waals surface area contributed by atoms with E-state index in [-0.39, 0.29) is 23.1 Å². The van der Waals surface area contributed by atoms with Crippen molar-refractivity contribution in [3.8, 4) is 6.07 Å². The summed E-state index contributed by atoms with van der Waals surface area (Å²) >= 11 is 0. The second-order valence-corrected chi connectivity index (χ2v) is 5.87. The molecule has 0 aromatic carbocycles. The number of aromatic nitrogens is 3. The molecule has 2 heterocycles. The van der Waals surface area contributed by atoms with Crippen LogP contribution in [0.25, 0.3) is 0 Å². The van der Waals surface area contributed by atoms with Crippen molar-refractivity contribution in [2.24, 2.45) is 0 Å². The summed E-state index contributed by atoms with van der Waals surface area (Å²) in [4.78, 5) is 26.5. The lowest BCUT2D eigenvalue weighted by Crippen LogP contribution is -2.36. The first-order chi connectivity index (χ1) is 11.4. The molecule has 24 heavy (non-hydrogen) atoms. The smallest absolute Gasteiger partial charge is 0.266 e. The molecule has 2 rings (SSSR count). The molecular weight excluding hydrogens is 306 g/mol. The number of carbonyl (C=O) groups is 1. The summed E-state index contributed by atoms with van der Waals surface area (Å²) < 4.78 is 1.76. The van der Waals surface area contributed by atoms with Gasteiger partial charge in [0.1, 0.15) is 11.6 Å². The molecule has 2 aromatic heterocycles. The van der Waals surface area contributed by atoms with Gasteiger partial charge in [-0.05, 0) is 44.4 Å². The van der Waals surface area contributed by atoms with Crippen molar-refractivity contribution in [3.05, 3.63) is 51.2 Å². The summed E-state index contributed by atoms with van der Waals surface area (Å²) in [5.41, 5.74) is 1.93. The molecule has 2 N–H and O–H groups in total. The van der Waals surface area contributed by atoms with Crippen molar-refractivity contribution in [1.29, 1.82) is 5.26 Å². The van der Waals surface area contributed by atoms with Gasteiger partial charge in [-0.1, -0.05) is 0 Å². The largest absolute Gasteiger partial charge is 0.352 e. The van der Waals surface area contributed by atoms with Crippen LogP contribution in [0.4, 0.5) is 0 Å². The van der Waals surface area contributed by atoms with Gasteiger partial charge in [-0.3, -0.25) is 14.3 Å². The zero-order valence-corrected chi connectivity index (χ0v) is 14.1. The number of hydrogen-bond donors (Lipinski definition) is 2. The summed E-state index contributed by atoms with van der Waals surface area (Å²) in [6, 6.07) is 3.72. The molecule has 0 aliphatic carbocycles. The second kappa shape index (κ2) is 7.59. The number of pyridine rings is 1. The lowest BCUT2D eigenvalue weighted by atomic mass is 9.99. The van der Waals surface area contributed by atoms with Gasteiger partial charge in [-0.15, -0.1) is 0 Å². The quantitative estimate of drug-likeness (QED) is 0.832. The minimum Gasteiger partial charge on any atom is -0.352 e. The van der Waals surface area contributed by atoms with E-state index in [1.54, 1.807) is 24.7 Å². The Hall–Kier alpha value is -2.88. The molecular formula is C17H21N5O2. The highest BCUT2D eigenvalue weighted by Crippen LogP contribution is 2.14. The van der Waals surface area contributed by atoms with Crippen LogP contribution in [-0.4, -0.2) is 26.7 Å². The van der Waals surface area contributed by atoms with Crippen LogP contribution in [0, 0.1) is 25.2 Å². The number of aromatic amines is 1. The number of nitriles is 1. The first-order valence-corrected chi connectivity index (χ1v) is 7.81. The van der Waals surface area contributed by atoms with E-state index in [1.165, 1.54) is 0 Å². The van der Waals surface area contributed by atoms with Crippen LogP contribution in [0.1, 0.15) is 35.7 Å². The fourth-order valence-electron chi connectivity index (χ4n) is 2.74. The number of H-pyrrole nitrogens is 1. The van der Waals surface area contributed by atoms with E-state index in [0.29, 0.717) is 30.6 Å². The van der Waals surface area contributed by atoms with Gasteiger partial charge in [0, 0.05) is 30.6 Å². The molecule has 7 nitrogen and oxygen atoms in total. The number of nitrogens with zero attached hydrogens (tertiary/aromatic N) is 3. The number of nitrogens with one attached hydrogen (secondary N) is 2. The van der Waals surface area contributed by atoms with Crippen LogP contribution < -0.4 is 10.9 Å². The van der Waals surface area contributed by atoms with Crippen molar-refractivity contribution in [3.63, 3.8) is 0 Å². The maximum Gasteiger partial charge on any atom is 0.266 e. The number of aryl methyl sites for hydroxylation is 1. The van der Waals surface area contributed by atoms with E-state index in [2.05, 4.69) is 15.4 Å². The van der Waals surface area contributed by atoms with Gasteiger partial charge in [0.2, 0.25) is 5.91 Å². The molecule has 0 unspecified atom stereocenters. The van der Waals surface area contributed by atoms with Gasteiger partial charge in [-0.25, -0.2) is 0 Å². The molecule has 1 amide bonds. The normalized spacial score (nSPS) is 11.8. The van der Waals surface area contributed by atoms with E-state index >= 15 is 0 Å². The second-order valence-electron chi connectivity index (χ2n) is 5.87. The van der Waals surface area contributed by atoms with Gasteiger partial charge in [0.05, 0.1) is 6.54 Å². The number of hydrogen-bond acceptors (Lipinski definition) is 4. The third kappa shape index (κ3) is 4.10. The SMILES string of the molecule is Cc1[nH]c(=O)c(C#N)c(C)c1CCC(=O)N[C@@H](C)Cn1cccn1. The van der Waals surface area contributed by atoms with E-state index in [0.717, 1.165) is 5.56 Å². The predicted molar refractivity (Wildman–Crippen MR) is 89.4 cm³/mol. The lowest BCUT2D eigenvalue weighted by molar-refractivity contribution is -0.121. The summed E-state index contributed by atoms with van der Waals surface area (Å²) in [7, 11) is 0. The standard InChI is InChI=1S/C17H21N5O2/c1-11(10-22-8-4-7-19-22)20-16(23)6-5-14-12(2)15(9-18)17(24)21-13(14)3/h4,7-8,11H,5-6,10H2,1-3H3,(H,20,23)(H,21,24)/t11-/m0/s1. The molecule has 0 spiro atoms. The van der Waals surface area contributed by atoms with E-state index in [9.17, 15) is 9.59 Å². The third-order valence-electron chi connectivity index (χ3n) is 3.95. The fraction of sp³-hybridized carbons (Fsp3) is 0.412. The van der Waals surface area contributed by atoms with E-state index < -0.39 is 0 Å². The van der Waals surface area contributed by atoms with Crippen LogP contribution in [0.5, 0.6) is 0 Å². The summed E-state index contributed by atoms with van der Waals surface area (Å²) in [5.74, 6) is -0.0711. The first-order valence-electron chi connectivity index (χ1n) is 7.81. The topological polar surface area (TPSA) is 104 Å². The maximum absolute atomic E-state index is 12.1. The molecule has 0 saturated heterocycles. The number of amides is 1. The fourth-order valence-corrected chi connectivity index (χ4v) is 2.74. The molecule has 0 saturated carbocycles. The van der Waals surface area contributed by atoms with Gasteiger partial charge in [-0.2, -0.15) is 10.4 Å². The highest BCUT2D eigenvalue weighted by Gasteiger charge is 2.14. The van der Waals surface area contributed by atoms with Crippen LogP contribution in [0.15, 0.2) is 23.3 Å². The van der Waals surface area contributed by atoms with Gasteiger partial charge < -0.3 is 10.3 Å². The van der Waals surface area contributed by atoms with E-state index in [1.807, 2.05) is 25.3 Å². The minimum absolute atomic E-state index is 0.0372. The Kier molecular flexibility index (Phi) is 5.53. The summed E-state index contributed by atoms with van der Waals surface area (Å²) in [6.07, 6.45) is 4.31. The molecule has 2 aromatic rings. The molecule has 0 bridgehead atoms. The monoisotopic (exact) mass is 327 g/mol. The lowest BCUT2D eigenvalue weighted by Gasteiger charge is -2.15. The number of carbonyl (C=O) groups excluding carboxylic acids is 1. The zero-order chi connectivity index (χ0) is 17.7. The summed E-state index contributed by atoms with van der Waals surface area (Å²) in [6.45, 7) is 6.05. The molecule has 0 aliphatic rings. The first kappa shape index (κ1) is 17.5. The Labute approximate surface area is 140 Å². The Bertz CT molecular complexity index is 815. The van der Waals surface area contributed by atoms with Gasteiger partial charge in [0.25, 0.3) is 5.56 Å². The molecule has 0 aliphatic heterocycles. The molecule has 7 heteroatoms. The van der Waals surface area contributed by atoms with E-state index in [4.69, 9.17) is 5.26 Å². The van der Waals surface area contributed by atoms with Crippen molar-refractivity contribution >= 4 is 5.91 Å². The van der Waals surface area contributed by atoms with Crippen molar-refractivity contribution < 1.29 is 4.79 Å². The molecule has 1 atom stereocenters. The van der Waals surface area contributed by atoms with Crippen molar-refractivity contribution in [1.82, 2.24) is 20.1 Å². The Balaban J connectivity index is 1.97. The van der Waals surface area contributed by atoms with Crippen LogP contribution in [0.3, 0.4) is 0 Å². The van der Waals surface area contributed by atoms with Crippen molar-refractivity contribution in [2.75, 3.05) is 0 Å². The zero-order valence-electron chi connectivity index (χ0n) is 14.1. The van der Waals surface area contributed by atoms with Crippen LogP contribution in [0.2, 0.25) is 0 Å². The maximum atomic E-state index is 12.1. The average molecular weight is 327 g/mol. The summed E-state index contributed by atoms with van der Waals surface area (Å²) in [5, 5.41) is 16.1. The average Bonchev–Trinajstić information content (AvgIpc) is 2.99. The minimum atomic E-state index is -0.381.